The SMILES string of the molecule is CCOc1ccccc1NC(=O)OCCN1CCN(c2ccccn2)CC1. The zero-order chi connectivity index (χ0) is 18.9. The molecular formula is C20H26N4O3. The molecule has 1 aliphatic heterocycles. The van der Waals surface area contributed by atoms with Gasteiger partial charge in [-0.15, -0.1) is 0 Å². The van der Waals surface area contributed by atoms with Crippen LogP contribution >= 0.6 is 0 Å². The molecule has 1 amide bonds. The number of carbonyl (C=O) groups excluding carboxylic acids is 1. The van der Waals surface area contributed by atoms with E-state index in [-0.39, 0.29) is 0 Å². The Morgan fingerprint density at radius 2 is 1.89 bits per heavy atom. The molecule has 27 heavy (non-hydrogen) atoms. The van der Waals surface area contributed by atoms with E-state index in [1.807, 2.05) is 49.5 Å². The molecule has 0 unspecified atom stereocenters. The number of nitrogens with zero attached hydrogens (tertiary/aromatic N) is 3. The number of rotatable bonds is 7. The van der Waals surface area contributed by atoms with Gasteiger partial charge in [-0.2, -0.15) is 0 Å². The summed E-state index contributed by atoms with van der Waals surface area (Å²) in [6.45, 7) is 7.21. The van der Waals surface area contributed by atoms with Crippen molar-refractivity contribution in [2.24, 2.45) is 0 Å². The number of pyridine rings is 1. The summed E-state index contributed by atoms with van der Waals surface area (Å²) in [7, 11) is 0. The van der Waals surface area contributed by atoms with Gasteiger partial charge in [-0.3, -0.25) is 10.2 Å². The Kier molecular flexibility index (Phi) is 6.87. The van der Waals surface area contributed by atoms with Gasteiger partial charge in [0.05, 0.1) is 12.3 Å². The van der Waals surface area contributed by atoms with Gasteiger partial charge in [0.25, 0.3) is 0 Å². The highest BCUT2D eigenvalue weighted by atomic mass is 16.5. The van der Waals surface area contributed by atoms with Crippen molar-refractivity contribution in [3.8, 4) is 5.75 Å². The van der Waals surface area contributed by atoms with E-state index in [1.165, 1.54) is 0 Å². The van der Waals surface area contributed by atoms with Gasteiger partial charge in [-0.1, -0.05) is 18.2 Å². The van der Waals surface area contributed by atoms with Gasteiger partial charge < -0.3 is 14.4 Å². The van der Waals surface area contributed by atoms with Crippen LogP contribution in [0, 0.1) is 0 Å². The van der Waals surface area contributed by atoms with Gasteiger partial charge >= 0.3 is 6.09 Å². The van der Waals surface area contributed by atoms with Crippen LogP contribution in [-0.4, -0.2) is 61.9 Å². The summed E-state index contributed by atoms with van der Waals surface area (Å²) in [5.41, 5.74) is 0.619. The monoisotopic (exact) mass is 370 g/mol. The molecule has 1 fully saturated rings. The quantitative estimate of drug-likeness (QED) is 0.808. The summed E-state index contributed by atoms with van der Waals surface area (Å²) in [6.07, 6.45) is 1.35. The van der Waals surface area contributed by atoms with Gasteiger partial charge in [0.15, 0.2) is 0 Å². The van der Waals surface area contributed by atoms with Crippen LogP contribution in [0.4, 0.5) is 16.3 Å². The number of hydrogen-bond donors (Lipinski definition) is 1. The fourth-order valence-electron chi connectivity index (χ4n) is 3.01. The second-order valence-electron chi connectivity index (χ2n) is 6.21. The number of nitrogens with one attached hydrogen (secondary N) is 1. The van der Waals surface area contributed by atoms with Crippen LogP contribution in [0.1, 0.15) is 6.92 Å². The molecule has 0 spiro atoms. The van der Waals surface area contributed by atoms with E-state index < -0.39 is 6.09 Å². The van der Waals surface area contributed by atoms with E-state index in [4.69, 9.17) is 9.47 Å². The Labute approximate surface area is 159 Å². The van der Waals surface area contributed by atoms with E-state index in [9.17, 15) is 4.79 Å². The number of carbonyl (C=O) groups is 1. The van der Waals surface area contributed by atoms with Gasteiger partial charge in [-0.05, 0) is 31.2 Å². The minimum absolute atomic E-state index is 0.353. The molecule has 0 aliphatic carbocycles. The van der Waals surface area contributed by atoms with Gasteiger partial charge in [0, 0.05) is 38.9 Å². The molecule has 1 aromatic carbocycles. The third-order valence-electron chi connectivity index (χ3n) is 4.41. The molecule has 0 saturated carbocycles. The summed E-state index contributed by atoms with van der Waals surface area (Å²) in [4.78, 5) is 21.0. The van der Waals surface area contributed by atoms with Crippen LogP contribution < -0.4 is 15.0 Å². The molecule has 3 rings (SSSR count). The molecule has 7 nitrogen and oxygen atoms in total. The third-order valence-corrected chi connectivity index (χ3v) is 4.41. The lowest BCUT2D eigenvalue weighted by atomic mass is 10.3. The largest absolute Gasteiger partial charge is 0.492 e. The Bertz CT molecular complexity index is 718. The van der Waals surface area contributed by atoms with Crippen LogP contribution in [0.25, 0.3) is 0 Å². The van der Waals surface area contributed by atoms with Crippen molar-refractivity contribution in [1.82, 2.24) is 9.88 Å². The number of aromatic nitrogens is 1. The van der Waals surface area contributed by atoms with E-state index in [1.54, 1.807) is 6.07 Å². The van der Waals surface area contributed by atoms with Crippen LogP contribution in [0.2, 0.25) is 0 Å². The molecule has 1 saturated heterocycles. The highest BCUT2D eigenvalue weighted by molar-refractivity contribution is 5.86. The second-order valence-corrected chi connectivity index (χ2v) is 6.21. The highest BCUT2D eigenvalue weighted by Crippen LogP contribution is 2.23. The first-order valence-corrected chi connectivity index (χ1v) is 9.30. The number of ether oxygens (including phenoxy) is 2. The van der Waals surface area contributed by atoms with Crippen LogP contribution in [0.5, 0.6) is 5.75 Å². The normalized spacial score (nSPS) is 14.6. The van der Waals surface area contributed by atoms with Crippen LogP contribution in [0.3, 0.4) is 0 Å². The van der Waals surface area contributed by atoms with Gasteiger partial charge in [-0.25, -0.2) is 9.78 Å². The van der Waals surface area contributed by atoms with Crippen molar-refractivity contribution in [1.29, 1.82) is 0 Å². The minimum Gasteiger partial charge on any atom is -0.492 e. The molecule has 1 N–H and O–H groups in total. The molecule has 144 valence electrons. The first kappa shape index (κ1) is 19.0. The summed E-state index contributed by atoms with van der Waals surface area (Å²) in [5, 5.41) is 2.74. The highest BCUT2D eigenvalue weighted by Gasteiger charge is 2.18. The predicted molar refractivity (Wildman–Crippen MR) is 105 cm³/mol. The van der Waals surface area contributed by atoms with Crippen LogP contribution in [-0.2, 0) is 4.74 Å². The average Bonchev–Trinajstić information content (AvgIpc) is 2.71. The summed E-state index contributed by atoms with van der Waals surface area (Å²) in [6, 6.07) is 13.3. The van der Waals surface area contributed by atoms with Gasteiger partial charge in [0.1, 0.15) is 18.2 Å². The molecule has 2 aromatic rings. The van der Waals surface area contributed by atoms with E-state index in [0.717, 1.165) is 38.5 Å². The van der Waals surface area contributed by atoms with Crippen molar-refractivity contribution in [2.75, 3.05) is 56.2 Å². The molecule has 0 bridgehead atoms. The first-order chi connectivity index (χ1) is 13.3. The molecule has 7 heteroatoms. The standard InChI is InChI=1S/C20H26N4O3/c1-2-26-18-8-4-3-7-17(18)22-20(25)27-16-15-23-11-13-24(14-12-23)19-9-5-6-10-21-19/h3-10H,2,11-16H2,1H3,(H,22,25). The molecule has 0 radical (unpaired) electrons. The maximum atomic E-state index is 12.0. The second kappa shape index (κ2) is 9.78. The minimum atomic E-state index is -0.464. The first-order valence-electron chi connectivity index (χ1n) is 9.30. The van der Waals surface area contributed by atoms with Crippen molar-refractivity contribution in [3.63, 3.8) is 0 Å². The maximum Gasteiger partial charge on any atom is 0.411 e. The number of amides is 1. The van der Waals surface area contributed by atoms with Crippen molar-refractivity contribution >= 4 is 17.6 Å². The van der Waals surface area contributed by atoms with Crippen molar-refractivity contribution in [3.05, 3.63) is 48.7 Å². The number of piperazine rings is 1. The lowest BCUT2D eigenvalue weighted by molar-refractivity contribution is 0.137. The zero-order valence-corrected chi connectivity index (χ0v) is 15.6. The smallest absolute Gasteiger partial charge is 0.411 e. The predicted octanol–water partition coefficient (Wildman–Crippen LogP) is 2.85. The topological polar surface area (TPSA) is 66.9 Å². The number of para-hydroxylation sites is 2. The van der Waals surface area contributed by atoms with E-state index in [0.29, 0.717) is 24.7 Å². The Balaban J connectivity index is 1.37. The van der Waals surface area contributed by atoms with E-state index in [2.05, 4.69) is 20.1 Å². The molecule has 1 aliphatic rings. The number of benzene rings is 1. The average molecular weight is 370 g/mol. The lowest BCUT2D eigenvalue weighted by Crippen LogP contribution is -2.47. The van der Waals surface area contributed by atoms with Crippen LogP contribution in [0.15, 0.2) is 48.7 Å². The summed E-state index contributed by atoms with van der Waals surface area (Å²) < 4.78 is 10.8. The fourth-order valence-corrected chi connectivity index (χ4v) is 3.01. The van der Waals surface area contributed by atoms with Crippen molar-refractivity contribution < 1.29 is 14.3 Å². The third kappa shape index (κ3) is 5.59. The Morgan fingerprint density at radius 3 is 2.63 bits per heavy atom. The fraction of sp³-hybridized carbons (Fsp3) is 0.400. The van der Waals surface area contributed by atoms with Gasteiger partial charge in [0.2, 0.25) is 0 Å². The lowest BCUT2D eigenvalue weighted by Gasteiger charge is -2.35. The maximum absolute atomic E-state index is 12.0. The number of hydrogen-bond acceptors (Lipinski definition) is 6. The molecule has 0 atom stereocenters. The summed E-state index contributed by atoms with van der Waals surface area (Å²) >= 11 is 0. The zero-order valence-electron chi connectivity index (χ0n) is 15.6. The Morgan fingerprint density at radius 1 is 1.11 bits per heavy atom. The number of anilines is 2. The molecular weight excluding hydrogens is 344 g/mol. The molecule has 1 aromatic heterocycles. The van der Waals surface area contributed by atoms with E-state index >= 15 is 0 Å². The summed E-state index contributed by atoms with van der Waals surface area (Å²) in [5.74, 6) is 1.66. The molecule has 2 heterocycles. The Hall–Kier alpha value is -2.80. The van der Waals surface area contributed by atoms with Crippen molar-refractivity contribution in [2.45, 2.75) is 6.92 Å².